The number of pyridine rings is 2. The van der Waals surface area contributed by atoms with Gasteiger partial charge in [0.15, 0.2) is 0 Å². The molecular weight excluding hydrogens is 629 g/mol. The number of fused-ring (bicyclic) bond motifs is 2. The number of aryl methyl sites for hydroxylation is 2. The van der Waals surface area contributed by atoms with E-state index in [0.717, 1.165) is 36.4 Å². The zero-order valence-corrected chi connectivity index (χ0v) is 28.3. The molecule has 246 valence electrons. The highest BCUT2D eigenvalue weighted by Gasteiger charge is 2.55. The van der Waals surface area contributed by atoms with Gasteiger partial charge in [0.1, 0.15) is 22.5 Å². The van der Waals surface area contributed by atoms with Gasteiger partial charge in [0.05, 0.1) is 23.4 Å². The van der Waals surface area contributed by atoms with E-state index in [-0.39, 0.29) is 42.2 Å². The van der Waals surface area contributed by atoms with Crippen molar-refractivity contribution in [2.75, 3.05) is 43.6 Å². The van der Waals surface area contributed by atoms with Crippen molar-refractivity contribution in [3.05, 3.63) is 82.2 Å². The van der Waals surface area contributed by atoms with E-state index in [0.29, 0.717) is 67.2 Å². The number of hydrogen-bond donors (Lipinski definition) is 0. The summed E-state index contributed by atoms with van der Waals surface area (Å²) in [7, 11) is 3.49. The van der Waals surface area contributed by atoms with Crippen molar-refractivity contribution in [2.24, 2.45) is 5.41 Å². The number of ether oxygens (including phenoxy) is 1. The number of rotatable bonds is 10. The van der Waals surface area contributed by atoms with Crippen molar-refractivity contribution in [1.29, 1.82) is 0 Å². The molecule has 46 heavy (non-hydrogen) atoms. The molecule has 0 bridgehead atoms. The van der Waals surface area contributed by atoms with Crippen LogP contribution >= 0.6 is 24.8 Å². The van der Waals surface area contributed by atoms with Gasteiger partial charge in [-0.15, -0.1) is 24.8 Å². The summed E-state index contributed by atoms with van der Waals surface area (Å²) in [6, 6.07) is 13.2. The molecule has 10 nitrogen and oxygen atoms in total. The van der Waals surface area contributed by atoms with Crippen LogP contribution < -0.4 is 20.1 Å². The van der Waals surface area contributed by atoms with Crippen LogP contribution in [0.1, 0.15) is 42.7 Å². The summed E-state index contributed by atoms with van der Waals surface area (Å²) >= 11 is 0. The lowest BCUT2D eigenvalue weighted by atomic mass is 9.67. The predicted molar refractivity (Wildman–Crippen MR) is 184 cm³/mol. The van der Waals surface area contributed by atoms with E-state index in [2.05, 4.69) is 16.0 Å². The van der Waals surface area contributed by atoms with Gasteiger partial charge in [0, 0.05) is 64.4 Å². The number of benzene rings is 1. The van der Waals surface area contributed by atoms with Gasteiger partial charge < -0.3 is 23.5 Å². The Kier molecular flexibility index (Phi) is 10.9. The van der Waals surface area contributed by atoms with Crippen molar-refractivity contribution in [2.45, 2.75) is 52.6 Å². The van der Waals surface area contributed by atoms with E-state index in [4.69, 9.17) is 9.15 Å². The first kappa shape index (κ1) is 35.0. The van der Waals surface area contributed by atoms with Gasteiger partial charge >= 0.3 is 0 Å². The molecule has 4 heterocycles. The van der Waals surface area contributed by atoms with Crippen LogP contribution in [0.2, 0.25) is 0 Å². The van der Waals surface area contributed by atoms with Crippen molar-refractivity contribution < 1.29 is 18.7 Å². The number of nitrogens with zero attached hydrogens (tertiary/aromatic N) is 5. The van der Waals surface area contributed by atoms with Crippen LogP contribution in [0.4, 0.5) is 11.4 Å². The van der Waals surface area contributed by atoms with Crippen molar-refractivity contribution in [1.82, 2.24) is 14.5 Å². The topological polar surface area (TPSA) is 101 Å². The lowest BCUT2D eigenvalue weighted by molar-refractivity contribution is -0.145. The lowest BCUT2D eigenvalue weighted by Crippen LogP contribution is -2.54. The number of hydrogen-bond acceptors (Lipinski definition) is 7. The molecule has 0 radical (unpaired) electrons. The molecule has 6 rings (SSSR count). The molecule has 0 unspecified atom stereocenters. The summed E-state index contributed by atoms with van der Waals surface area (Å²) in [6.07, 6.45) is 6.42. The fraction of sp³-hybridized carbons (Fsp3) is 0.412. The van der Waals surface area contributed by atoms with E-state index in [1.807, 2.05) is 44.2 Å². The molecule has 1 aromatic carbocycles. The quantitative estimate of drug-likeness (QED) is 0.162. The van der Waals surface area contributed by atoms with Crippen LogP contribution in [-0.2, 0) is 22.7 Å². The van der Waals surface area contributed by atoms with Gasteiger partial charge in [0.25, 0.3) is 5.56 Å². The normalized spacial score (nSPS) is 15.3. The summed E-state index contributed by atoms with van der Waals surface area (Å²) in [4.78, 5) is 49.6. The Labute approximate surface area is 281 Å². The Hall–Kier alpha value is -3.86. The maximum absolute atomic E-state index is 13.3. The fourth-order valence-electron chi connectivity index (χ4n) is 6.36. The van der Waals surface area contributed by atoms with E-state index >= 15 is 0 Å². The van der Waals surface area contributed by atoms with E-state index in [1.165, 1.54) is 0 Å². The van der Waals surface area contributed by atoms with Gasteiger partial charge in [-0.2, -0.15) is 0 Å². The smallest absolute Gasteiger partial charge is 0.261 e. The molecule has 2 aliphatic rings. The first-order valence-electron chi connectivity index (χ1n) is 15.2. The number of carbonyl (C=O) groups is 2. The zero-order chi connectivity index (χ0) is 31.0. The van der Waals surface area contributed by atoms with Crippen molar-refractivity contribution in [3.8, 4) is 5.75 Å². The SMILES string of the molecule is Cc1cc2c(=O)n(CCN(CCCOc3ccc4c(c3)N(C)C(=O)C3(CCC3)C(=O)N4C)Cc3cccnc3C)ccc2o1.Cl.Cl. The summed E-state index contributed by atoms with van der Waals surface area (Å²) in [6.45, 7) is 6.99. The molecule has 12 heteroatoms. The number of carbonyl (C=O) groups excluding carboxylic acids is 2. The Balaban J connectivity index is 0.00000240. The largest absolute Gasteiger partial charge is 0.493 e. The standard InChI is InChI=1S/C34H39N5O5.2ClH/c1-23-20-27-30(44-23)11-16-39(31(27)40)18-17-38(22-25-8-5-14-35-24(25)2)15-7-19-43-26-9-10-28-29(21-26)37(4)33(42)34(12-6-13-34)32(41)36(28)3;;/h5,8-11,14,16,20-21H,6-7,12-13,15,17-19,22H2,1-4H3;2*1H. The minimum Gasteiger partial charge on any atom is -0.493 e. The van der Waals surface area contributed by atoms with Crippen LogP contribution in [0.25, 0.3) is 11.0 Å². The van der Waals surface area contributed by atoms with Gasteiger partial charge in [-0.3, -0.25) is 24.3 Å². The van der Waals surface area contributed by atoms with E-state index in [9.17, 15) is 14.4 Å². The van der Waals surface area contributed by atoms with E-state index < -0.39 is 5.41 Å². The minimum absolute atomic E-state index is 0. The first-order chi connectivity index (χ1) is 21.2. The Morgan fingerprint density at radius 2 is 1.70 bits per heavy atom. The Morgan fingerprint density at radius 1 is 0.957 bits per heavy atom. The maximum atomic E-state index is 13.3. The van der Waals surface area contributed by atoms with Crippen molar-refractivity contribution >= 4 is 59.0 Å². The van der Waals surface area contributed by atoms with Crippen LogP contribution in [0, 0.1) is 19.3 Å². The summed E-state index contributed by atoms with van der Waals surface area (Å²) < 4.78 is 13.5. The zero-order valence-electron chi connectivity index (χ0n) is 26.7. The van der Waals surface area contributed by atoms with E-state index in [1.54, 1.807) is 46.9 Å². The molecule has 1 fully saturated rings. The second kappa shape index (κ2) is 14.3. The highest BCUT2D eigenvalue weighted by atomic mass is 35.5. The average Bonchev–Trinajstić information content (AvgIpc) is 3.37. The monoisotopic (exact) mass is 669 g/mol. The van der Waals surface area contributed by atoms with Crippen molar-refractivity contribution in [3.63, 3.8) is 0 Å². The third kappa shape index (κ3) is 6.52. The summed E-state index contributed by atoms with van der Waals surface area (Å²) in [5, 5.41) is 0.597. The average molecular weight is 671 g/mol. The van der Waals surface area contributed by atoms with Crippen LogP contribution in [0.15, 0.2) is 64.1 Å². The third-order valence-corrected chi connectivity index (χ3v) is 9.14. The van der Waals surface area contributed by atoms with Crippen LogP contribution in [-0.4, -0.2) is 60.1 Å². The fourth-order valence-corrected chi connectivity index (χ4v) is 6.36. The number of furan rings is 1. The minimum atomic E-state index is -0.937. The first-order valence-corrected chi connectivity index (χ1v) is 15.2. The molecule has 2 amide bonds. The molecular formula is C34H41Cl2N5O5. The molecule has 1 spiro atoms. The predicted octanol–water partition coefficient (Wildman–Crippen LogP) is 5.53. The number of amides is 2. The maximum Gasteiger partial charge on any atom is 0.261 e. The molecule has 0 N–H and O–H groups in total. The molecule has 1 aliphatic heterocycles. The van der Waals surface area contributed by atoms with Gasteiger partial charge in [0.2, 0.25) is 11.8 Å². The van der Waals surface area contributed by atoms with Gasteiger partial charge in [-0.1, -0.05) is 12.5 Å². The number of halogens is 2. The molecule has 3 aromatic heterocycles. The molecule has 0 saturated heterocycles. The van der Waals surface area contributed by atoms with Crippen LogP contribution in [0.5, 0.6) is 5.75 Å². The summed E-state index contributed by atoms with van der Waals surface area (Å²) in [5.41, 5.74) is 3.13. The summed E-state index contributed by atoms with van der Waals surface area (Å²) in [5.74, 6) is 1.11. The van der Waals surface area contributed by atoms with Gasteiger partial charge in [-0.05, 0) is 69.0 Å². The molecule has 4 aromatic rings. The lowest BCUT2D eigenvalue weighted by Gasteiger charge is -2.40. The molecule has 1 saturated carbocycles. The number of anilines is 2. The van der Waals surface area contributed by atoms with Crippen LogP contribution in [0.3, 0.4) is 0 Å². The molecule has 0 atom stereocenters. The second-order valence-corrected chi connectivity index (χ2v) is 12.0. The highest BCUT2D eigenvalue weighted by molar-refractivity contribution is 6.20. The Bertz CT molecular complexity index is 1780. The second-order valence-electron chi connectivity index (χ2n) is 12.0. The Morgan fingerprint density at radius 3 is 2.39 bits per heavy atom. The highest BCUT2D eigenvalue weighted by Crippen LogP contribution is 2.49. The van der Waals surface area contributed by atoms with Gasteiger partial charge in [-0.25, -0.2) is 0 Å². The number of aromatic nitrogens is 2. The third-order valence-electron chi connectivity index (χ3n) is 9.14. The molecule has 1 aliphatic carbocycles.